The van der Waals surface area contributed by atoms with Gasteiger partial charge in [-0.15, -0.1) is 11.3 Å². The van der Waals surface area contributed by atoms with E-state index >= 15 is 0 Å². The van der Waals surface area contributed by atoms with Crippen LogP contribution in [-0.2, 0) is 16.1 Å². The van der Waals surface area contributed by atoms with Crippen LogP contribution in [0.3, 0.4) is 0 Å². The summed E-state index contributed by atoms with van der Waals surface area (Å²) in [6.45, 7) is 4.40. The molecule has 2 fully saturated rings. The summed E-state index contributed by atoms with van der Waals surface area (Å²) >= 11 is 1.44. The van der Waals surface area contributed by atoms with E-state index in [2.05, 4.69) is 9.97 Å². The monoisotopic (exact) mass is 359 g/mol. The smallest absolute Gasteiger partial charge is 0.273 e. The number of rotatable bonds is 4. The molecular weight excluding hydrogens is 338 g/mol. The first-order chi connectivity index (χ1) is 12.1. The zero-order valence-corrected chi connectivity index (χ0v) is 15.0. The van der Waals surface area contributed by atoms with Crippen LogP contribution in [0, 0.1) is 6.92 Å². The Morgan fingerprint density at radius 1 is 1.48 bits per heavy atom. The molecule has 1 amide bonds. The number of thiazole rings is 1. The predicted octanol–water partition coefficient (Wildman–Crippen LogP) is 2.44. The van der Waals surface area contributed by atoms with Crippen molar-refractivity contribution in [3.05, 3.63) is 46.2 Å². The molecule has 0 aliphatic carbocycles. The zero-order valence-electron chi connectivity index (χ0n) is 14.2. The number of amides is 1. The van der Waals surface area contributed by atoms with Crippen LogP contribution in [0.4, 0.5) is 0 Å². The number of nitrogens with zero attached hydrogens (tertiary/aromatic N) is 3. The number of pyridine rings is 1. The first kappa shape index (κ1) is 16.6. The van der Waals surface area contributed by atoms with Gasteiger partial charge in [0.05, 0.1) is 37.0 Å². The molecule has 132 valence electrons. The lowest BCUT2D eigenvalue weighted by atomic mass is 9.84. The quantitative estimate of drug-likeness (QED) is 0.839. The number of ether oxygens (including phenoxy) is 2. The topological polar surface area (TPSA) is 64.6 Å². The van der Waals surface area contributed by atoms with Gasteiger partial charge in [0, 0.05) is 24.1 Å². The molecule has 1 atom stereocenters. The molecule has 25 heavy (non-hydrogen) atoms. The van der Waals surface area contributed by atoms with Gasteiger partial charge in [-0.1, -0.05) is 6.07 Å². The summed E-state index contributed by atoms with van der Waals surface area (Å²) in [5.74, 6) is -0.0116. The van der Waals surface area contributed by atoms with Crippen LogP contribution in [-0.4, -0.2) is 52.2 Å². The van der Waals surface area contributed by atoms with Crippen LogP contribution in [0.5, 0.6) is 0 Å². The van der Waals surface area contributed by atoms with Crippen molar-refractivity contribution in [2.45, 2.75) is 38.1 Å². The maximum Gasteiger partial charge on any atom is 0.273 e. The van der Waals surface area contributed by atoms with Gasteiger partial charge in [-0.3, -0.25) is 9.78 Å². The Labute approximate surface area is 150 Å². The lowest BCUT2D eigenvalue weighted by Crippen LogP contribution is -2.67. The van der Waals surface area contributed by atoms with E-state index in [9.17, 15) is 4.79 Å². The first-order valence-corrected chi connectivity index (χ1v) is 9.43. The maximum atomic E-state index is 12.3. The molecule has 2 aromatic heterocycles. The third kappa shape index (κ3) is 3.58. The Balaban J connectivity index is 1.31. The van der Waals surface area contributed by atoms with E-state index < -0.39 is 0 Å². The minimum Gasteiger partial charge on any atom is -0.372 e. The summed E-state index contributed by atoms with van der Waals surface area (Å²) in [6, 6.07) is 5.97. The molecule has 7 heteroatoms. The first-order valence-electron chi connectivity index (χ1n) is 8.49. The van der Waals surface area contributed by atoms with Crippen molar-refractivity contribution in [1.29, 1.82) is 0 Å². The maximum absolute atomic E-state index is 12.3. The van der Waals surface area contributed by atoms with Gasteiger partial charge < -0.3 is 14.4 Å². The number of carbonyl (C=O) groups excluding carboxylic acids is 1. The third-order valence-corrected chi connectivity index (χ3v) is 5.34. The van der Waals surface area contributed by atoms with Gasteiger partial charge in [0.25, 0.3) is 5.91 Å². The van der Waals surface area contributed by atoms with E-state index in [0.29, 0.717) is 32.0 Å². The van der Waals surface area contributed by atoms with E-state index in [0.717, 1.165) is 24.2 Å². The largest absolute Gasteiger partial charge is 0.372 e. The third-order valence-electron chi connectivity index (χ3n) is 4.76. The number of hydrogen-bond acceptors (Lipinski definition) is 6. The van der Waals surface area contributed by atoms with Crippen molar-refractivity contribution < 1.29 is 14.3 Å². The van der Waals surface area contributed by atoms with Crippen LogP contribution in [0.1, 0.15) is 34.7 Å². The highest BCUT2D eigenvalue weighted by atomic mass is 32.1. The van der Waals surface area contributed by atoms with Gasteiger partial charge in [-0.25, -0.2) is 4.98 Å². The Bertz CT molecular complexity index is 744. The standard InChI is InChI=1S/C18H21N3O3S/c1-13-3-2-4-14(20-13)8-23-15-5-6-24-18(7-15)10-21(11-18)17(22)16-9-25-12-19-16/h2-4,9,12,15H,5-8,10-11H2,1H3/t15-/m1/s1. The fraction of sp³-hybridized carbons (Fsp3) is 0.500. The highest BCUT2D eigenvalue weighted by Crippen LogP contribution is 2.36. The second kappa shape index (κ2) is 6.82. The zero-order chi connectivity index (χ0) is 17.3. The fourth-order valence-electron chi connectivity index (χ4n) is 3.50. The molecule has 0 aromatic carbocycles. The summed E-state index contributed by atoms with van der Waals surface area (Å²) in [5.41, 5.74) is 3.90. The Morgan fingerprint density at radius 3 is 3.12 bits per heavy atom. The van der Waals surface area contributed by atoms with Gasteiger partial charge in [0.1, 0.15) is 11.3 Å². The van der Waals surface area contributed by atoms with Crippen molar-refractivity contribution >= 4 is 17.2 Å². The summed E-state index contributed by atoms with van der Waals surface area (Å²) in [7, 11) is 0. The van der Waals surface area contributed by atoms with Crippen LogP contribution in [0.25, 0.3) is 0 Å². The van der Waals surface area contributed by atoms with E-state index in [1.165, 1.54) is 11.3 Å². The molecule has 0 N–H and O–H groups in total. The summed E-state index contributed by atoms with van der Waals surface area (Å²) in [5, 5.41) is 1.79. The molecule has 2 saturated heterocycles. The lowest BCUT2D eigenvalue weighted by molar-refractivity contribution is -0.188. The number of likely N-dealkylation sites (tertiary alicyclic amines) is 1. The summed E-state index contributed by atoms with van der Waals surface area (Å²) < 4.78 is 12.1. The van der Waals surface area contributed by atoms with Gasteiger partial charge in [0.15, 0.2) is 0 Å². The molecule has 1 spiro atoms. The normalized spacial score (nSPS) is 22.0. The summed E-state index contributed by atoms with van der Waals surface area (Å²) in [4.78, 5) is 22.7. The highest BCUT2D eigenvalue weighted by Gasteiger charge is 2.49. The minimum atomic E-state index is -0.255. The molecule has 4 rings (SSSR count). The van der Waals surface area contributed by atoms with Gasteiger partial charge in [-0.2, -0.15) is 0 Å². The number of aromatic nitrogens is 2. The van der Waals surface area contributed by atoms with E-state index in [1.807, 2.05) is 25.1 Å². The molecule has 0 saturated carbocycles. The van der Waals surface area contributed by atoms with Crippen LogP contribution in [0.2, 0.25) is 0 Å². The summed E-state index contributed by atoms with van der Waals surface area (Å²) in [6.07, 6.45) is 1.85. The Kier molecular flexibility index (Phi) is 4.54. The van der Waals surface area contributed by atoms with Crippen molar-refractivity contribution in [2.24, 2.45) is 0 Å². The lowest BCUT2D eigenvalue weighted by Gasteiger charge is -2.52. The molecule has 0 radical (unpaired) electrons. The van der Waals surface area contributed by atoms with Crippen LogP contribution < -0.4 is 0 Å². The van der Waals surface area contributed by atoms with Gasteiger partial charge in [-0.05, 0) is 25.5 Å². The van der Waals surface area contributed by atoms with Crippen molar-refractivity contribution in [2.75, 3.05) is 19.7 Å². The minimum absolute atomic E-state index is 0.0116. The number of aryl methyl sites for hydroxylation is 1. The van der Waals surface area contributed by atoms with Crippen molar-refractivity contribution in [3.8, 4) is 0 Å². The van der Waals surface area contributed by atoms with Crippen molar-refractivity contribution in [1.82, 2.24) is 14.9 Å². The van der Waals surface area contributed by atoms with Crippen LogP contribution >= 0.6 is 11.3 Å². The Morgan fingerprint density at radius 2 is 2.36 bits per heavy atom. The van der Waals surface area contributed by atoms with Gasteiger partial charge >= 0.3 is 0 Å². The molecule has 6 nitrogen and oxygen atoms in total. The molecule has 2 aliphatic rings. The average Bonchev–Trinajstić information content (AvgIpc) is 3.12. The predicted molar refractivity (Wildman–Crippen MR) is 93.5 cm³/mol. The molecule has 0 unspecified atom stereocenters. The molecule has 0 bridgehead atoms. The SMILES string of the molecule is Cc1cccc(CO[C@@H]2CCOC3(C2)CN(C(=O)c2cscn2)C3)n1. The molecular formula is C18H21N3O3S. The fourth-order valence-corrected chi connectivity index (χ4v) is 4.03. The highest BCUT2D eigenvalue weighted by molar-refractivity contribution is 7.07. The molecule has 2 aliphatic heterocycles. The second-order valence-corrected chi connectivity index (χ2v) is 7.48. The van der Waals surface area contributed by atoms with Gasteiger partial charge in [0.2, 0.25) is 0 Å². The average molecular weight is 359 g/mol. The van der Waals surface area contributed by atoms with E-state index in [-0.39, 0.29) is 17.6 Å². The van der Waals surface area contributed by atoms with E-state index in [4.69, 9.17) is 9.47 Å². The second-order valence-electron chi connectivity index (χ2n) is 6.76. The van der Waals surface area contributed by atoms with E-state index in [1.54, 1.807) is 15.8 Å². The number of hydrogen-bond donors (Lipinski definition) is 0. The van der Waals surface area contributed by atoms with Crippen LogP contribution in [0.15, 0.2) is 29.1 Å². The Hall–Kier alpha value is -1.83. The molecule has 2 aromatic rings. The molecule has 4 heterocycles. The number of carbonyl (C=O) groups is 1. The van der Waals surface area contributed by atoms with Crippen molar-refractivity contribution in [3.63, 3.8) is 0 Å².